The summed E-state index contributed by atoms with van der Waals surface area (Å²) < 4.78 is 1.02. The number of nitrogens with one attached hydrogen (secondary N) is 1. The third kappa shape index (κ3) is 1.36. The highest BCUT2D eigenvalue weighted by atomic mass is 79.9. The summed E-state index contributed by atoms with van der Waals surface area (Å²) in [5.74, 6) is 0. The summed E-state index contributed by atoms with van der Waals surface area (Å²) >= 11 is 3.45. The Labute approximate surface area is 84.4 Å². The molecule has 0 bridgehead atoms. The third-order valence-electron chi connectivity index (χ3n) is 2.13. The lowest BCUT2D eigenvalue weighted by molar-refractivity contribution is 1.06. The first-order valence-electron chi connectivity index (χ1n) is 4.05. The van der Waals surface area contributed by atoms with Gasteiger partial charge < -0.3 is 5.73 Å². The Bertz CT molecular complexity index is 447. The maximum Gasteiger partial charge on any atom is 0.0935 e. The largest absolute Gasteiger partial charge is 0.326 e. The molecule has 0 aliphatic rings. The van der Waals surface area contributed by atoms with Crippen molar-refractivity contribution < 1.29 is 0 Å². The highest BCUT2D eigenvalue weighted by Crippen LogP contribution is 2.24. The Morgan fingerprint density at radius 2 is 2.31 bits per heavy atom. The van der Waals surface area contributed by atoms with Gasteiger partial charge in [0.2, 0.25) is 0 Å². The van der Waals surface area contributed by atoms with Gasteiger partial charge in [-0.25, -0.2) is 0 Å². The predicted octanol–water partition coefficient (Wildman–Crippen LogP) is 2.09. The zero-order valence-corrected chi connectivity index (χ0v) is 8.85. The number of aromatic amines is 1. The molecule has 0 atom stereocenters. The van der Waals surface area contributed by atoms with Gasteiger partial charge in [0, 0.05) is 22.1 Å². The standard InChI is InChI=1S/C9H10BrN3/c1-5-7-2-6(4-11)8(10)3-9(7)13-12-5/h2-3H,4,11H2,1H3,(H,12,13). The van der Waals surface area contributed by atoms with Gasteiger partial charge in [-0.1, -0.05) is 15.9 Å². The SMILES string of the molecule is Cc1[nH]nc2cc(Br)c(CN)cc12. The minimum absolute atomic E-state index is 0.543. The molecule has 0 spiro atoms. The Hall–Kier alpha value is -0.870. The van der Waals surface area contributed by atoms with Crippen LogP contribution in [0.3, 0.4) is 0 Å². The van der Waals surface area contributed by atoms with Crippen LogP contribution in [0.1, 0.15) is 11.3 Å². The van der Waals surface area contributed by atoms with Gasteiger partial charge in [0.05, 0.1) is 5.52 Å². The second-order valence-electron chi connectivity index (χ2n) is 3.01. The van der Waals surface area contributed by atoms with Crippen molar-refractivity contribution in [1.82, 2.24) is 10.2 Å². The van der Waals surface area contributed by atoms with E-state index in [0.29, 0.717) is 6.54 Å². The van der Waals surface area contributed by atoms with E-state index in [-0.39, 0.29) is 0 Å². The molecule has 0 amide bonds. The van der Waals surface area contributed by atoms with E-state index in [1.165, 1.54) is 0 Å². The zero-order chi connectivity index (χ0) is 9.42. The summed E-state index contributed by atoms with van der Waals surface area (Å²) in [7, 11) is 0. The van der Waals surface area contributed by atoms with Gasteiger partial charge >= 0.3 is 0 Å². The van der Waals surface area contributed by atoms with Gasteiger partial charge in [-0.3, -0.25) is 5.10 Å². The van der Waals surface area contributed by atoms with Crippen LogP contribution in [-0.4, -0.2) is 10.2 Å². The van der Waals surface area contributed by atoms with E-state index in [2.05, 4.69) is 32.2 Å². The van der Waals surface area contributed by atoms with Gasteiger partial charge in [0.1, 0.15) is 0 Å². The molecule has 0 saturated heterocycles. The van der Waals surface area contributed by atoms with Crippen LogP contribution in [0, 0.1) is 6.92 Å². The average molecular weight is 240 g/mol. The van der Waals surface area contributed by atoms with Crippen molar-refractivity contribution in [2.45, 2.75) is 13.5 Å². The molecular formula is C9H10BrN3. The summed E-state index contributed by atoms with van der Waals surface area (Å²) in [6.07, 6.45) is 0. The lowest BCUT2D eigenvalue weighted by Gasteiger charge is -2.00. The van der Waals surface area contributed by atoms with Gasteiger partial charge in [-0.15, -0.1) is 0 Å². The summed E-state index contributed by atoms with van der Waals surface area (Å²) in [5, 5.41) is 8.24. The third-order valence-corrected chi connectivity index (χ3v) is 2.87. The highest BCUT2D eigenvalue weighted by molar-refractivity contribution is 9.10. The molecule has 0 aliphatic heterocycles. The maximum atomic E-state index is 5.60. The van der Waals surface area contributed by atoms with E-state index in [1.807, 2.05) is 13.0 Å². The van der Waals surface area contributed by atoms with E-state index in [4.69, 9.17) is 5.73 Å². The molecule has 1 aromatic heterocycles. The Morgan fingerprint density at radius 3 is 3.00 bits per heavy atom. The van der Waals surface area contributed by atoms with Crippen LogP contribution < -0.4 is 5.73 Å². The minimum atomic E-state index is 0.543. The molecular weight excluding hydrogens is 230 g/mol. The van der Waals surface area contributed by atoms with Gasteiger partial charge in [-0.05, 0) is 24.6 Å². The van der Waals surface area contributed by atoms with Crippen LogP contribution in [0.4, 0.5) is 0 Å². The minimum Gasteiger partial charge on any atom is -0.326 e. The second kappa shape index (κ2) is 3.12. The van der Waals surface area contributed by atoms with E-state index in [1.54, 1.807) is 0 Å². The monoisotopic (exact) mass is 239 g/mol. The number of hydrogen-bond donors (Lipinski definition) is 2. The smallest absolute Gasteiger partial charge is 0.0935 e. The number of nitrogens with two attached hydrogens (primary N) is 1. The van der Waals surface area contributed by atoms with E-state index in [0.717, 1.165) is 26.6 Å². The quantitative estimate of drug-likeness (QED) is 0.801. The number of aryl methyl sites for hydroxylation is 1. The molecule has 13 heavy (non-hydrogen) atoms. The highest BCUT2D eigenvalue weighted by Gasteiger charge is 2.05. The Morgan fingerprint density at radius 1 is 1.54 bits per heavy atom. The van der Waals surface area contributed by atoms with Crippen molar-refractivity contribution >= 4 is 26.8 Å². The molecule has 0 unspecified atom stereocenters. The van der Waals surface area contributed by atoms with Crippen molar-refractivity contribution in [2.75, 3.05) is 0 Å². The number of hydrogen-bond acceptors (Lipinski definition) is 2. The summed E-state index contributed by atoms with van der Waals surface area (Å²) in [6, 6.07) is 4.05. The molecule has 2 aromatic rings. The fourth-order valence-electron chi connectivity index (χ4n) is 1.36. The van der Waals surface area contributed by atoms with Crippen molar-refractivity contribution in [3.8, 4) is 0 Å². The van der Waals surface area contributed by atoms with Crippen LogP contribution in [-0.2, 0) is 6.54 Å². The second-order valence-corrected chi connectivity index (χ2v) is 3.87. The van der Waals surface area contributed by atoms with Gasteiger partial charge in [0.15, 0.2) is 0 Å². The van der Waals surface area contributed by atoms with E-state index >= 15 is 0 Å². The molecule has 1 heterocycles. The van der Waals surface area contributed by atoms with Gasteiger partial charge in [0.25, 0.3) is 0 Å². The average Bonchev–Trinajstić information content (AvgIpc) is 2.46. The normalized spacial score (nSPS) is 11.0. The van der Waals surface area contributed by atoms with Crippen LogP contribution in [0.2, 0.25) is 0 Å². The first-order chi connectivity index (χ1) is 6.22. The maximum absolute atomic E-state index is 5.60. The van der Waals surface area contributed by atoms with E-state index in [9.17, 15) is 0 Å². The predicted molar refractivity (Wildman–Crippen MR) is 56.4 cm³/mol. The molecule has 0 aliphatic carbocycles. The van der Waals surface area contributed by atoms with Crippen molar-refractivity contribution in [2.24, 2.45) is 5.73 Å². The number of rotatable bonds is 1. The molecule has 4 heteroatoms. The Balaban J connectivity index is 2.77. The molecule has 3 N–H and O–H groups in total. The number of halogens is 1. The molecule has 0 saturated carbocycles. The number of aromatic nitrogens is 2. The fraction of sp³-hybridized carbons (Fsp3) is 0.222. The topological polar surface area (TPSA) is 54.7 Å². The van der Waals surface area contributed by atoms with Crippen LogP contribution in [0.5, 0.6) is 0 Å². The summed E-state index contributed by atoms with van der Waals surface area (Å²) in [4.78, 5) is 0. The molecule has 68 valence electrons. The number of H-pyrrole nitrogens is 1. The number of fused-ring (bicyclic) bond motifs is 1. The Kier molecular flexibility index (Phi) is 2.09. The molecule has 0 fully saturated rings. The zero-order valence-electron chi connectivity index (χ0n) is 7.26. The summed E-state index contributed by atoms with van der Waals surface area (Å²) in [6.45, 7) is 2.55. The van der Waals surface area contributed by atoms with Crippen molar-refractivity contribution in [3.05, 3.63) is 27.9 Å². The summed E-state index contributed by atoms with van der Waals surface area (Å²) in [5.41, 5.74) is 8.76. The first-order valence-corrected chi connectivity index (χ1v) is 4.85. The molecule has 2 rings (SSSR count). The number of benzene rings is 1. The molecule has 0 radical (unpaired) electrons. The van der Waals surface area contributed by atoms with Gasteiger partial charge in [-0.2, -0.15) is 5.10 Å². The lowest BCUT2D eigenvalue weighted by Crippen LogP contribution is -1.96. The van der Waals surface area contributed by atoms with Crippen molar-refractivity contribution in [1.29, 1.82) is 0 Å². The van der Waals surface area contributed by atoms with E-state index < -0.39 is 0 Å². The molecule has 3 nitrogen and oxygen atoms in total. The van der Waals surface area contributed by atoms with Crippen LogP contribution in [0.25, 0.3) is 10.9 Å². The van der Waals surface area contributed by atoms with Crippen LogP contribution in [0.15, 0.2) is 16.6 Å². The first kappa shape index (κ1) is 8.72. The van der Waals surface area contributed by atoms with Crippen molar-refractivity contribution in [3.63, 3.8) is 0 Å². The number of nitrogens with zero attached hydrogens (tertiary/aromatic N) is 1. The van der Waals surface area contributed by atoms with Crippen LogP contribution >= 0.6 is 15.9 Å². The fourth-order valence-corrected chi connectivity index (χ4v) is 1.85. The lowest BCUT2D eigenvalue weighted by atomic mass is 10.1. The molecule has 1 aromatic carbocycles.